The summed E-state index contributed by atoms with van der Waals surface area (Å²) < 4.78 is 75.2. The van der Waals surface area contributed by atoms with Crippen molar-refractivity contribution in [3.8, 4) is 5.75 Å². The van der Waals surface area contributed by atoms with Gasteiger partial charge in [0, 0.05) is 0 Å². The first-order valence-electron chi connectivity index (χ1n) is 12.1. The molecule has 1 atom stereocenters. The normalized spacial score (nSPS) is 20.0. The van der Waals surface area contributed by atoms with Gasteiger partial charge in [-0.15, -0.1) is 0 Å². The maximum absolute atomic E-state index is 13.3. The molecule has 0 amide bonds. The van der Waals surface area contributed by atoms with Crippen LogP contribution in [0.25, 0.3) is 0 Å². The Hall–Kier alpha value is -2.79. The van der Waals surface area contributed by atoms with Crippen LogP contribution in [0.1, 0.15) is 58.9 Å². The van der Waals surface area contributed by atoms with Gasteiger partial charge in [0.25, 0.3) is 0 Å². The van der Waals surface area contributed by atoms with Gasteiger partial charge in [-0.3, -0.25) is 0 Å². The molecule has 1 unspecified atom stereocenters. The zero-order chi connectivity index (χ0) is 28.1. The van der Waals surface area contributed by atoms with E-state index in [1.54, 1.807) is 12.1 Å². The van der Waals surface area contributed by atoms with Gasteiger partial charge < -0.3 is 0 Å². The molecule has 200 valence electrons. The van der Waals surface area contributed by atoms with Gasteiger partial charge in [0.2, 0.25) is 0 Å². The van der Waals surface area contributed by atoms with Gasteiger partial charge in [-0.25, -0.2) is 0 Å². The van der Waals surface area contributed by atoms with Crippen LogP contribution in [0.3, 0.4) is 0 Å². The number of benzene rings is 3. The summed E-state index contributed by atoms with van der Waals surface area (Å²) >= 11 is -3.30. The number of esters is 1. The summed E-state index contributed by atoms with van der Waals surface area (Å²) in [4.78, 5) is 13.3. The number of rotatable bonds is 2. The molecular formula is C28H27F3GeO5S. The Morgan fingerprint density at radius 3 is 2.08 bits per heavy atom. The monoisotopic (exact) mass is 606 g/mol. The molecule has 38 heavy (non-hydrogen) atoms. The van der Waals surface area contributed by atoms with E-state index in [-0.39, 0.29) is 5.41 Å². The van der Waals surface area contributed by atoms with E-state index in [2.05, 4.69) is 36.5 Å². The fourth-order valence-electron chi connectivity index (χ4n) is 5.47. The quantitative estimate of drug-likeness (QED) is 0.176. The second-order valence-corrected chi connectivity index (χ2v) is 22.1. The number of carbonyl (C=O) groups is 1. The van der Waals surface area contributed by atoms with Crippen molar-refractivity contribution in [2.75, 3.05) is 0 Å². The molecule has 3 aromatic rings. The van der Waals surface area contributed by atoms with Crippen LogP contribution in [-0.2, 0) is 25.9 Å². The third-order valence-corrected chi connectivity index (χ3v) is 15.9. The van der Waals surface area contributed by atoms with E-state index in [0.29, 0.717) is 21.1 Å². The zero-order valence-electron chi connectivity index (χ0n) is 21.8. The van der Waals surface area contributed by atoms with Gasteiger partial charge >= 0.3 is 223 Å². The van der Waals surface area contributed by atoms with Crippen molar-refractivity contribution in [3.63, 3.8) is 0 Å². The van der Waals surface area contributed by atoms with E-state index in [4.69, 9.17) is 4.74 Å². The molecule has 0 saturated carbocycles. The first-order valence-corrected chi connectivity index (χ1v) is 19.8. The molecule has 0 bridgehead atoms. The molecule has 0 aromatic heterocycles. The second kappa shape index (κ2) is 8.11. The molecule has 0 N–H and O–H groups in total. The van der Waals surface area contributed by atoms with Gasteiger partial charge in [0.05, 0.1) is 0 Å². The Labute approximate surface area is 222 Å². The van der Waals surface area contributed by atoms with Crippen molar-refractivity contribution in [2.24, 2.45) is 0 Å². The summed E-state index contributed by atoms with van der Waals surface area (Å²) in [6, 6.07) is 15.7. The third-order valence-electron chi connectivity index (χ3n) is 7.49. The summed E-state index contributed by atoms with van der Waals surface area (Å²) in [5.74, 6) is 3.23. The van der Waals surface area contributed by atoms with Gasteiger partial charge in [-0.1, -0.05) is 0 Å². The standard InChI is InChI=1S/C28H27F3GeO5S/c1-16-7-11-20-23(13-16)32(5,6)24-15-18(37-38(34,35)28(29,30)31)9-12-21(24)27(20)22-14-17(26(2,3)4)8-10-19(22)25(33)36-27/h7-15H,1-6H3. The van der Waals surface area contributed by atoms with Crippen LogP contribution in [0, 0.1) is 6.92 Å². The maximum atomic E-state index is 13.3. The summed E-state index contributed by atoms with van der Waals surface area (Å²) in [5, 5.41) is 0. The van der Waals surface area contributed by atoms with Crippen molar-refractivity contribution >= 4 is 38.1 Å². The summed E-state index contributed by atoms with van der Waals surface area (Å²) in [7, 11) is -5.85. The van der Waals surface area contributed by atoms with Gasteiger partial charge in [-0.05, 0) is 0 Å². The number of alkyl halides is 3. The van der Waals surface area contributed by atoms with E-state index in [0.717, 1.165) is 21.1 Å². The molecule has 2 aliphatic rings. The zero-order valence-corrected chi connectivity index (χ0v) is 24.7. The van der Waals surface area contributed by atoms with Crippen LogP contribution in [0.5, 0.6) is 5.75 Å². The molecule has 0 radical (unpaired) electrons. The topological polar surface area (TPSA) is 69.7 Å². The number of aryl methyl sites for hydroxylation is 1. The molecule has 0 saturated heterocycles. The minimum atomic E-state index is -5.85. The van der Waals surface area contributed by atoms with E-state index in [1.807, 2.05) is 37.3 Å². The molecule has 0 fully saturated rings. The van der Waals surface area contributed by atoms with Crippen LogP contribution < -0.4 is 13.0 Å². The van der Waals surface area contributed by atoms with Crippen molar-refractivity contribution in [1.82, 2.24) is 0 Å². The number of halogens is 3. The van der Waals surface area contributed by atoms with Crippen molar-refractivity contribution in [1.29, 1.82) is 0 Å². The third kappa shape index (κ3) is 3.80. The number of ether oxygens (including phenoxy) is 1. The number of fused-ring (bicyclic) bond motifs is 6. The molecule has 5 nitrogen and oxygen atoms in total. The first kappa shape index (κ1) is 26.8. The Morgan fingerprint density at radius 2 is 1.47 bits per heavy atom. The van der Waals surface area contributed by atoms with E-state index >= 15 is 0 Å². The van der Waals surface area contributed by atoms with E-state index in [1.165, 1.54) is 12.1 Å². The molecule has 1 spiro atoms. The Bertz CT molecular complexity index is 1620. The SMILES string of the molecule is Cc1ccc2[c](c1)[Ge]([CH3])([CH3])[c]1cc(OS(=O)(=O)C(F)(F)F)ccc1C21OC(=O)c2ccc(C(C)(C)C)cc21. The van der Waals surface area contributed by atoms with Crippen molar-refractivity contribution in [2.45, 2.75) is 55.7 Å². The number of hydrogen-bond donors (Lipinski definition) is 0. The Balaban J connectivity index is 1.84. The summed E-state index contributed by atoms with van der Waals surface area (Å²) in [6.45, 7) is 8.14. The van der Waals surface area contributed by atoms with Gasteiger partial charge in [0.1, 0.15) is 0 Å². The molecule has 3 aromatic carbocycles. The van der Waals surface area contributed by atoms with Crippen LogP contribution in [0.15, 0.2) is 54.6 Å². The number of hydrogen-bond acceptors (Lipinski definition) is 5. The Kier molecular flexibility index (Phi) is 5.72. The van der Waals surface area contributed by atoms with Crippen LogP contribution in [-0.4, -0.2) is 33.2 Å². The first-order chi connectivity index (χ1) is 17.4. The molecular weight excluding hydrogens is 578 g/mol. The predicted octanol–water partition coefficient (Wildman–Crippen LogP) is 5.12. The Morgan fingerprint density at radius 1 is 0.868 bits per heavy atom. The predicted molar refractivity (Wildman–Crippen MR) is 140 cm³/mol. The summed E-state index contributed by atoms with van der Waals surface area (Å²) in [5.41, 5.74) is -2.60. The summed E-state index contributed by atoms with van der Waals surface area (Å²) in [6.07, 6.45) is 0. The van der Waals surface area contributed by atoms with E-state index in [9.17, 15) is 26.4 Å². The second-order valence-electron chi connectivity index (χ2n) is 11.4. The minimum absolute atomic E-state index is 0.226. The van der Waals surface area contributed by atoms with E-state index < -0.39 is 46.2 Å². The number of carbonyl (C=O) groups excluding carboxylic acids is 1. The van der Waals surface area contributed by atoms with Gasteiger partial charge in [-0.2, -0.15) is 0 Å². The van der Waals surface area contributed by atoms with Crippen molar-refractivity contribution < 1.29 is 35.3 Å². The fourth-order valence-corrected chi connectivity index (χ4v) is 12.7. The molecule has 2 aliphatic heterocycles. The van der Waals surface area contributed by atoms with Crippen LogP contribution in [0.4, 0.5) is 13.2 Å². The fraction of sp³-hybridized carbons (Fsp3) is 0.321. The molecule has 2 heterocycles. The molecule has 0 aliphatic carbocycles. The van der Waals surface area contributed by atoms with Crippen LogP contribution in [0.2, 0.25) is 11.5 Å². The average molecular weight is 605 g/mol. The van der Waals surface area contributed by atoms with Crippen LogP contribution >= 0.6 is 0 Å². The molecule has 5 rings (SSSR count). The van der Waals surface area contributed by atoms with Gasteiger partial charge in [0.15, 0.2) is 0 Å². The van der Waals surface area contributed by atoms with Crippen molar-refractivity contribution in [3.05, 3.63) is 88.0 Å². The average Bonchev–Trinajstić information content (AvgIpc) is 3.09. The molecule has 10 heteroatoms.